The van der Waals surface area contributed by atoms with Crippen LogP contribution in [-0.2, 0) is 16.7 Å². The Hall–Kier alpha value is -3.94. The third-order valence-electron chi connectivity index (χ3n) is 11.8. The lowest BCUT2D eigenvalue weighted by atomic mass is 9.57. The number of nitrogens with zero attached hydrogens (tertiary/aromatic N) is 5. The van der Waals surface area contributed by atoms with E-state index in [1.165, 1.54) is 19.6 Å². The van der Waals surface area contributed by atoms with Crippen LogP contribution >= 0.6 is 0 Å². The number of hydrogen-bond acceptors (Lipinski definition) is 6. The molecule has 7 rings (SSSR count). The van der Waals surface area contributed by atoms with Crippen molar-refractivity contribution >= 4 is 11.8 Å². The highest BCUT2D eigenvalue weighted by molar-refractivity contribution is 5.67. The van der Waals surface area contributed by atoms with Gasteiger partial charge in [0.15, 0.2) is 5.67 Å². The Labute approximate surface area is 288 Å². The number of carbonyl (C=O) groups excluding carboxylic acids is 1. The van der Waals surface area contributed by atoms with Crippen LogP contribution in [0, 0.1) is 29.0 Å². The largest absolute Gasteiger partial charge is 0.453 e. The molecule has 4 aliphatic rings. The molecule has 0 radical (unpaired) electrons. The van der Waals surface area contributed by atoms with Crippen LogP contribution in [0.15, 0.2) is 67.0 Å². The molecule has 8 nitrogen and oxygen atoms in total. The van der Waals surface area contributed by atoms with Gasteiger partial charge in [0, 0.05) is 49.2 Å². The molecule has 0 bridgehead atoms. The van der Waals surface area contributed by atoms with E-state index in [9.17, 15) is 14.4 Å². The summed E-state index contributed by atoms with van der Waals surface area (Å²) in [7, 11) is 1.40. The Morgan fingerprint density at radius 3 is 2.45 bits per heavy atom. The number of alkyl halides is 1. The summed E-state index contributed by atoms with van der Waals surface area (Å²) in [4.78, 5) is 19.3. The molecule has 1 aliphatic carbocycles. The molecule has 3 saturated heterocycles. The van der Waals surface area contributed by atoms with Crippen molar-refractivity contribution in [2.75, 3.05) is 64.4 Å². The predicted molar refractivity (Wildman–Crippen MR) is 186 cm³/mol. The monoisotopic (exact) mass is 670 g/mol. The van der Waals surface area contributed by atoms with Crippen LogP contribution < -0.4 is 10.2 Å². The zero-order valence-corrected chi connectivity index (χ0v) is 28.5. The number of piperidine rings is 1. The molecule has 1 aromatic heterocycles. The number of aromatic nitrogens is 1. The summed E-state index contributed by atoms with van der Waals surface area (Å²) in [5, 5.41) is 12.8. The number of rotatable bonds is 11. The second-order valence-electron chi connectivity index (χ2n) is 14.8. The number of halogens is 2. The minimum atomic E-state index is -1.31. The fraction of sp³-hybridized carbons (Fsp3) is 0.538. The maximum atomic E-state index is 16.3. The van der Waals surface area contributed by atoms with Crippen molar-refractivity contribution in [2.24, 2.45) is 11.8 Å². The van der Waals surface area contributed by atoms with E-state index in [-0.39, 0.29) is 29.1 Å². The molecule has 3 aliphatic heterocycles. The maximum absolute atomic E-state index is 16.3. The Morgan fingerprint density at radius 1 is 1.00 bits per heavy atom. The number of nitriles is 1. The second-order valence-corrected chi connectivity index (χ2v) is 14.8. The average Bonchev–Trinajstić information content (AvgIpc) is 3.76. The number of methoxy groups -OCH3 is 1. The molecule has 1 amide bonds. The quantitative estimate of drug-likeness (QED) is 0.272. The molecule has 49 heavy (non-hydrogen) atoms. The first-order valence-corrected chi connectivity index (χ1v) is 17.9. The number of carbonyl (C=O) groups is 1. The van der Waals surface area contributed by atoms with Gasteiger partial charge in [-0.05, 0) is 124 Å². The summed E-state index contributed by atoms with van der Waals surface area (Å²) >= 11 is 0. The average molecular weight is 671 g/mol. The van der Waals surface area contributed by atoms with E-state index in [1.807, 2.05) is 53.4 Å². The van der Waals surface area contributed by atoms with E-state index in [0.717, 1.165) is 81.6 Å². The Morgan fingerprint density at radius 2 is 1.78 bits per heavy atom. The van der Waals surface area contributed by atoms with Gasteiger partial charge in [-0.1, -0.05) is 18.6 Å². The van der Waals surface area contributed by atoms with Crippen molar-refractivity contribution in [1.29, 1.82) is 5.26 Å². The molecule has 4 heterocycles. The van der Waals surface area contributed by atoms with E-state index in [0.29, 0.717) is 31.7 Å². The molecule has 1 N–H and O–H groups in total. The van der Waals surface area contributed by atoms with E-state index in [2.05, 4.69) is 32.2 Å². The van der Waals surface area contributed by atoms with E-state index in [1.54, 1.807) is 6.07 Å². The molecule has 4 fully saturated rings. The number of anilines is 1. The third-order valence-corrected chi connectivity index (χ3v) is 11.8. The van der Waals surface area contributed by atoms with Crippen LogP contribution in [0.25, 0.3) is 0 Å². The molecule has 2 aromatic carbocycles. The zero-order chi connectivity index (χ0) is 34.0. The first-order valence-electron chi connectivity index (χ1n) is 17.9. The van der Waals surface area contributed by atoms with E-state index < -0.39 is 11.8 Å². The van der Waals surface area contributed by atoms with Crippen LogP contribution in [0.4, 0.5) is 19.3 Å². The molecule has 0 spiro atoms. The number of alkyl carbamates (subject to hydrolysis) is 1. The van der Waals surface area contributed by atoms with E-state index >= 15 is 4.39 Å². The Bertz CT molecular complexity index is 1640. The van der Waals surface area contributed by atoms with Crippen molar-refractivity contribution in [3.05, 3.63) is 89.5 Å². The molecular formula is C39H48F2N6O2. The van der Waals surface area contributed by atoms with Gasteiger partial charge in [-0.3, -0.25) is 4.90 Å². The van der Waals surface area contributed by atoms with Gasteiger partial charge < -0.3 is 24.4 Å². The molecule has 3 atom stereocenters. The molecule has 10 heteroatoms. The highest BCUT2D eigenvalue weighted by Gasteiger charge is 2.54. The maximum Gasteiger partial charge on any atom is 0.407 e. The summed E-state index contributed by atoms with van der Waals surface area (Å²) < 4.78 is 38.3. The van der Waals surface area contributed by atoms with Gasteiger partial charge in [0.1, 0.15) is 5.82 Å². The summed E-state index contributed by atoms with van der Waals surface area (Å²) in [6.45, 7) is 6.11. The fourth-order valence-corrected chi connectivity index (χ4v) is 9.35. The normalized spacial score (nSPS) is 24.0. The van der Waals surface area contributed by atoms with Gasteiger partial charge in [-0.25, -0.2) is 13.6 Å². The predicted octanol–water partition coefficient (Wildman–Crippen LogP) is 5.96. The number of likely N-dealkylation sites (tertiary alicyclic amines) is 2. The minimum Gasteiger partial charge on any atom is -0.453 e. The van der Waals surface area contributed by atoms with Gasteiger partial charge in [0.2, 0.25) is 0 Å². The van der Waals surface area contributed by atoms with Gasteiger partial charge in [0.05, 0.1) is 31.8 Å². The zero-order valence-electron chi connectivity index (χ0n) is 28.5. The summed E-state index contributed by atoms with van der Waals surface area (Å²) in [6, 6.07) is 19.2. The Kier molecular flexibility index (Phi) is 9.67. The lowest BCUT2D eigenvalue weighted by molar-refractivity contribution is 0.00584. The minimum absolute atomic E-state index is 0.0453. The van der Waals surface area contributed by atoms with Crippen molar-refractivity contribution in [2.45, 2.75) is 62.2 Å². The highest BCUT2D eigenvalue weighted by atomic mass is 19.1. The van der Waals surface area contributed by atoms with Gasteiger partial charge in [-0.15, -0.1) is 0 Å². The second kappa shape index (κ2) is 14.1. The van der Waals surface area contributed by atoms with Crippen LogP contribution in [0.3, 0.4) is 0 Å². The topological polar surface area (TPSA) is 76.8 Å². The third kappa shape index (κ3) is 6.93. The Balaban J connectivity index is 1.05. The first-order chi connectivity index (χ1) is 23.8. The molecule has 0 unspecified atom stereocenters. The standard InChI is InChI=1S/C39H48F2N6O2/c1-49-37(48)43-36-10-5-9-35(36)39(28-45-17-6-18-45,32-7-4-8-33(40)22-32)31-13-19-46(20-14-31)25-38(41)26-47(27-38)34-12-11-29(23-42)30(21-34)24-44-15-2-3-16-44/h2-4,7-8,11-12,15-16,21-22,31,35-36H,5-6,9-10,13-14,17-20,24-28H2,1H3,(H,43,48)/t35-,36-,39-/m0/s1. The molecule has 3 aromatic rings. The van der Waals surface area contributed by atoms with Gasteiger partial charge in [0.25, 0.3) is 0 Å². The van der Waals surface area contributed by atoms with Crippen LogP contribution in [0.2, 0.25) is 0 Å². The number of benzene rings is 2. The SMILES string of the molecule is COC(=O)N[C@H]1CCC[C@@H]1[C@](CN1CCC1)(c1cccc(F)c1)C1CCN(CC2(F)CN(c3ccc(C#N)c(Cn4cccc4)c3)C2)CC1. The van der Waals surface area contributed by atoms with Crippen LogP contribution in [0.5, 0.6) is 0 Å². The van der Waals surface area contributed by atoms with Crippen LogP contribution in [0.1, 0.15) is 55.2 Å². The number of amides is 1. The molecular weight excluding hydrogens is 622 g/mol. The number of ether oxygens (including phenoxy) is 1. The van der Waals surface area contributed by atoms with Gasteiger partial charge in [-0.2, -0.15) is 5.26 Å². The number of nitrogens with one attached hydrogen (secondary N) is 1. The van der Waals surface area contributed by atoms with Crippen molar-refractivity contribution in [1.82, 2.24) is 19.7 Å². The highest BCUT2D eigenvalue weighted by Crippen LogP contribution is 2.51. The summed E-state index contributed by atoms with van der Waals surface area (Å²) in [6.07, 6.45) is 9.34. The van der Waals surface area contributed by atoms with Crippen molar-refractivity contribution in [3.63, 3.8) is 0 Å². The smallest absolute Gasteiger partial charge is 0.407 e. The lowest BCUT2D eigenvalue weighted by Crippen LogP contribution is -2.65. The molecule has 1 saturated carbocycles. The van der Waals surface area contributed by atoms with Crippen molar-refractivity contribution in [3.8, 4) is 6.07 Å². The van der Waals surface area contributed by atoms with E-state index in [4.69, 9.17) is 4.74 Å². The summed E-state index contributed by atoms with van der Waals surface area (Å²) in [5.74, 6) is 0.182. The van der Waals surface area contributed by atoms with Gasteiger partial charge >= 0.3 is 6.09 Å². The lowest BCUT2D eigenvalue weighted by Gasteiger charge is -2.54. The summed E-state index contributed by atoms with van der Waals surface area (Å²) in [5.41, 5.74) is 1.90. The number of hydrogen-bond donors (Lipinski definition) is 1. The first kappa shape index (κ1) is 33.6. The fourth-order valence-electron chi connectivity index (χ4n) is 9.35. The van der Waals surface area contributed by atoms with Crippen molar-refractivity contribution < 1.29 is 18.3 Å². The molecule has 260 valence electrons. The van der Waals surface area contributed by atoms with Crippen LogP contribution in [-0.4, -0.2) is 91.6 Å².